The van der Waals surface area contributed by atoms with Gasteiger partial charge < -0.3 is 8.83 Å². The standard InChI is InChI=1S/C13H12N4O2/c1-2-11(18-7-1)13-15-14-12(19-13)8-17-6-5-10(16-17)9-3-4-9/h1-2,5-7,9H,3-4,8H2. The molecule has 1 aliphatic rings. The average Bonchev–Trinajstić information content (AvgIpc) is 2.90. The molecule has 0 amide bonds. The third-order valence-corrected chi connectivity index (χ3v) is 3.15. The van der Waals surface area contributed by atoms with Gasteiger partial charge in [0, 0.05) is 12.1 Å². The van der Waals surface area contributed by atoms with Crippen LogP contribution in [0.15, 0.2) is 39.5 Å². The van der Waals surface area contributed by atoms with Gasteiger partial charge in [0.15, 0.2) is 5.76 Å². The molecule has 0 aliphatic heterocycles. The summed E-state index contributed by atoms with van der Waals surface area (Å²) in [4.78, 5) is 0. The summed E-state index contributed by atoms with van der Waals surface area (Å²) in [6.07, 6.45) is 6.03. The minimum absolute atomic E-state index is 0.398. The summed E-state index contributed by atoms with van der Waals surface area (Å²) < 4.78 is 12.6. The van der Waals surface area contributed by atoms with E-state index >= 15 is 0 Å². The van der Waals surface area contributed by atoms with E-state index in [1.54, 1.807) is 18.4 Å². The van der Waals surface area contributed by atoms with Crippen molar-refractivity contribution in [1.82, 2.24) is 20.0 Å². The van der Waals surface area contributed by atoms with Crippen molar-refractivity contribution in [2.24, 2.45) is 0 Å². The Hall–Kier alpha value is -2.37. The first-order chi connectivity index (χ1) is 9.38. The molecular weight excluding hydrogens is 244 g/mol. The fraction of sp³-hybridized carbons (Fsp3) is 0.308. The molecule has 3 aromatic rings. The van der Waals surface area contributed by atoms with Crippen LogP contribution in [0.4, 0.5) is 0 Å². The largest absolute Gasteiger partial charge is 0.459 e. The van der Waals surface area contributed by atoms with E-state index in [0.29, 0.717) is 30.0 Å². The molecular formula is C13H12N4O2. The highest BCUT2D eigenvalue weighted by atomic mass is 16.4. The number of furan rings is 1. The van der Waals surface area contributed by atoms with Crippen LogP contribution in [0.3, 0.4) is 0 Å². The smallest absolute Gasteiger partial charge is 0.283 e. The lowest BCUT2D eigenvalue weighted by molar-refractivity contribution is 0.457. The molecule has 0 saturated heterocycles. The highest BCUT2D eigenvalue weighted by Crippen LogP contribution is 2.38. The van der Waals surface area contributed by atoms with Crippen LogP contribution >= 0.6 is 0 Å². The molecule has 0 unspecified atom stereocenters. The summed E-state index contributed by atoms with van der Waals surface area (Å²) in [6.45, 7) is 0.487. The van der Waals surface area contributed by atoms with E-state index in [0.717, 1.165) is 5.69 Å². The molecule has 19 heavy (non-hydrogen) atoms. The molecule has 0 aromatic carbocycles. The molecule has 6 heteroatoms. The quantitative estimate of drug-likeness (QED) is 0.717. The van der Waals surface area contributed by atoms with Crippen molar-refractivity contribution in [3.8, 4) is 11.7 Å². The summed E-state index contributed by atoms with van der Waals surface area (Å²) in [7, 11) is 0. The maximum Gasteiger partial charge on any atom is 0.283 e. The van der Waals surface area contributed by atoms with E-state index in [9.17, 15) is 0 Å². The normalized spacial score (nSPS) is 14.9. The SMILES string of the molecule is c1coc(-c2nnc(Cn3ccc(C4CC4)n3)o2)c1. The van der Waals surface area contributed by atoms with Crippen LogP contribution in [0, 0.1) is 0 Å². The van der Waals surface area contributed by atoms with Gasteiger partial charge in [0.1, 0.15) is 6.54 Å². The van der Waals surface area contributed by atoms with Crippen molar-refractivity contribution in [3.63, 3.8) is 0 Å². The Labute approximate surface area is 109 Å². The number of nitrogens with zero attached hydrogens (tertiary/aromatic N) is 4. The fourth-order valence-electron chi connectivity index (χ4n) is 2.02. The first-order valence-corrected chi connectivity index (χ1v) is 6.28. The molecule has 1 saturated carbocycles. The summed E-state index contributed by atoms with van der Waals surface area (Å²) in [5.41, 5.74) is 1.16. The van der Waals surface area contributed by atoms with Crippen molar-refractivity contribution in [2.45, 2.75) is 25.3 Å². The van der Waals surface area contributed by atoms with Gasteiger partial charge >= 0.3 is 0 Å². The Morgan fingerprint density at radius 1 is 1.26 bits per heavy atom. The third-order valence-electron chi connectivity index (χ3n) is 3.15. The maximum absolute atomic E-state index is 5.54. The number of hydrogen-bond acceptors (Lipinski definition) is 5. The van der Waals surface area contributed by atoms with Crippen molar-refractivity contribution in [1.29, 1.82) is 0 Å². The lowest BCUT2D eigenvalue weighted by Crippen LogP contribution is -2.01. The topological polar surface area (TPSA) is 69.9 Å². The number of hydrogen-bond donors (Lipinski definition) is 0. The Bertz CT molecular complexity index is 679. The van der Waals surface area contributed by atoms with Crippen LogP contribution < -0.4 is 0 Å². The van der Waals surface area contributed by atoms with Gasteiger partial charge in [-0.05, 0) is 31.0 Å². The lowest BCUT2D eigenvalue weighted by Gasteiger charge is -1.95. The second-order valence-electron chi connectivity index (χ2n) is 4.69. The van der Waals surface area contributed by atoms with Gasteiger partial charge in [0.05, 0.1) is 12.0 Å². The maximum atomic E-state index is 5.54. The molecule has 3 heterocycles. The summed E-state index contributed by atoms with van der Waals surface area (Å²) in [5.74, 6) is 2.16. The summed E-state index contributed by atoms with van der Waals surface area (Å²) in [5, 5.41) is 12.5. The van der Waals surface area contributed by atoms with Gasteiger partial charge in [0.2, 0.25) is 5.89 Å². The molecule has 1 fully saturated rings. The highest BCUT2D eigenvalue weighted by molar-refractivity contribution is 5.42. The van der Waals surface area contributed by atoms with E-state index in [4.69, 9.17) is 8.83 Å². The zero-order valence-electron chi connectivity index (χ0n) is 10.2. The number of rotatable bonds is 4. The number of aromatic nitrogens is 4. The van der Waals surface area contributed by atoms with Gasteiger partial charge in [-0.2, -0.15) is 5.10 Å². The summed E-state index contributed by atoms with van der Waals surface area (Å²) in [6, 6.07) is 5.63. The van der Waals surface area contributed by atoms with E-state index < -0.39 is 0 Å². The monoisotopic (exact) mass is 256 g/mol. The van der Waals surface area contributed by atoms with Crippen molar-refractivity contribution in [3.05, 3.63) is 42.2 Å². The van der Waals surface area contributed by atoms with Crippen LogP contribution in [0.5, 0.6) is 0 Å². The Balaban J connectivity index is 1.52. The Morgan fingerprint density at radius 2 is 2.21 bits per heavy atom. The van der Waals surface area contributed by atoms with Crippen LogP contribution in [0.1, 0.15) is 30.3 Å². The molecule has 1 aliphatic carbocycles. The van der Waals surface area contributed by atoms with Gasteiger partial charge in [-0.1, -0.05) is 0 Å². The van der Waals surface area contributed by atoms with Crippen LogP contribution in [0.2, 0.25) is 0 Å². The first-order valence-electron chi connectivity index (χ1n) is 6.28. The molecule has 0 bridgehead atoms. The van der Waals surface area contributed by atoms with Crippen LogP contribution in [0.25, 0.3) is 11.7 Å². The minimum Gasteiger partial charge on any atom is -0.459 e. The van der Waals surface area contributed by atoms with Crippen molar-refractivity contribution < 1.29 is 8.83 Å². The average molecular weight is 256 g/mol. The predicted molar refractivity (Wildman–Crippen MR) is 65.3 cm³/mol. The minimum atomic E-state index is 0.398. The zero-order chi connectivity index (χ0) is 12.7. The van der Waals surface area contributed by atoms with Gasteiger partial charge in [0.25, 0.3) is 5.89 Å². The molecule has 3 aromatic heterocycles. The first kappa shape index (κ1) is 10.5. The van der Waals surface area contributed by atoms with Crippen molar-refractivity contribution >= 4 is 0 Å². The highest BCUT2D eigenvalue weighted by Gasteiger charge is 2.25. The van der Waals surface area contributed by atoms with Crippen LogP contribution in [-0.2, 0) is 6.54 Å². The second-order valence-corrected chi connectivity index (χ2v) is 4.69. The predicted octanol–water partition coefficient (Wildman–Crippen LogP) is 2.45. The molecule has 0 N–H and O–H groups in total. The summed E-state index contributed by atoms with van der Waals surface area (Å²) >= 11 is 0. The molecule has 0 radical (unpaired) electrons. The molecule has 4 rings (SSSR count). The van der Waals surface area contributed by atoms with Crippen molar-refractivity contribution in [2.75, 3.05) is 0 Å². The van der Waals surface area contributed by atoms with Gasteiger partial charge in [-0.15, -0.1) is 10.2 Å². The Kier molecular flexibility index (Phi) is 2.26. The zero-order valence-corrected chi connectivity index (χ0v) is 10.2. The molecule has 0 atom stereocenters. The van der Waals surface area contributed by atoms with E-state index in [2.05, 4.69) is 21.4 Å². The van der Waals surface area contributed by atoms with E-state index in [1.165, 1.54) is 12.8 Å². The Morgan fingerprint density at radius 3 is 3.00 bits per heavy atom. The van der Waals surface area contributed by atoms with Gasteiger partial charge in [-0.3, -0.25) is 4.68 Å². The van der Waals surface area contributed by atoms with E-state index in [-0.39, 0.29) is 0 Å². The van der Waals surface area contributed by atoms with Crippen LogP contribution in [-0.4, -0.2) is 20.0 Å². The van der Waals surface area contributed by atoms with E-state index in [1.807, 2.05) is 10.9 Å². The second kappa shape index (κ2) is 4.08. The fourth-order valence-corrected chi connectivity index (χ4v) is 2.02. The molecule has 96 valence electrons. The molecule has 6 nitrogen and oxygen atoms in total. The lowest BCUT2D eigenvalue weighted by atomic mass is 10.3. The van der Waals surface area contributed by atoms with Gasteiger partial charge in [-0.25, -0.2) is 0 Å². The third kappa shape index (κ3) is 2.05. The molecule has 0 spiro atoms.